The average molecular weight is 303 g/mol. The highest BCUT2D eigenvalue weighted by Crippen LogP contribution is 2.38. The van der Waals surface area contributed by atoms with Crippen LogP contribution in [0.2, 0.25) is 0 Å². The molecular weight excluding hydrogens is 272 g/mol. The van der Waals surface area contributed by atoms with Gasteiger partial charge in [0.1, 0.15) is 0 Å². The molecule has 1 unspecified atom stereocenters. The molecule has 0 fully saturated rings. The summed E-state index contributed by atoms with van der Waals surface area (Å²) in [6.45, 7) is 14.2. The van der Waals surface area contributed by atoms with Gasteiger partial charge >= 0.3 is 0 Å². The predicted molar refractivity (Wildman–Crippen MR) is 97.2 cm³/mol. The summed E-state index contributed by atoms with van der Waals surface area (Å²) in [7, 11) is 0. The molecule has 1 heterocycles. The summed E-state index contributed by atoms with van der Waals surface area (Å²) >= 11 is 1.98. The van der Waals surface area contributed by atoms with Crippen LogP contribution >= 0.6 is 11.3 Å². The Kier molecular flexibility index (Phi) is 4.82. The van der Waals surface area contributed by atoms with Crippen LogP contribution in [0.3, 0.4) is 0 Å². The molecule has 0 radical (unpaired) electrons. The van der Waals surface area contributed by atoms with Crippen molar-refractivity contribution < 1.29 is 0 Å². The largest absolute Gasteiger partial charge is 0.140 e. The van der Waals surface area contributed by atoms with Crippen molar-refractivity contribution >= 4 is 21.4 Å². The van der Waals surface area contributed by atoms with Gasteiger partial charge in [-0.3, -0.25) is 0 Å². The maximum absolute atomic E-state index is 2.40. The minimum Gasteiger partial charge on any atom is -0.140 e. The second kappa shape index (κ2) is 6.12. The van der Waals surface area contributed by atoms with E-state index in [9.17, 15) is 0 Å². The molecule has 2 aromatic rings. The number of thiophene rings is 1. The quantitative estimate of drug-likeness (QED) is 0.574. The summed E-state index contributed by atoms with van der Waals surface area (Å²) < 4.78 is 1.43. The molecule has 0 aliphatic heterocycles. The van der Waals surface area contributed by atoms with Crippen LogP contribution in [-0.2, 0) is 6.42 Å². The van der Waals surface area contributed by atoms with Gasteiger partial charge in [0.25, 0.3) is 0 Å². The fraction of sp³-hybridized carbons (Fsp3) is 0.600. The lowest BCUT2D eigenvalue weighted by atomic mass is 9.73. The fourth-order valence-corrected chi connectivity index (χ4v) is 3.97. The lowest BCUT2D eigenvalue weighted by Gasteiger charge is -2.33. The molecule has 21 heavy (non-hydrogen) atoms. The van der Waals surface area contributed by atoms with Crippen LogP contribution in [0.25, 0.3) is 10.1 Å². The van der Waals surface area contributed by atoms with E-state index >= 15 is 0 Å². The summed E-state index contributed by atoms with van der Waals surface area (Å²) in [6, 6.07) is 11.2. The number of benzene rings is 1. The van der Waals surface area contributed by atoms with Crippen LogP contribution in [0.1, 0.15) is 59.3 Å². The van der Waals surface area contributed by atoms with Crippen LogP contribution in [0.5, 0.6) is 0 Å². The van der Waals surface area contributed by atoms with Crippen molar-refractivity contribution in [3.05, 3.63) is 35.2 Å². The van der Waals surface area contributed by atoms with Gasteiger partial charge in [0.05, 0.1) is 0 Å². The average Bonchev–Trinajstić information content (AvgIpc) is 2.74. The number of fused-ring (bicyclic) bond motifs is 1. The Labute approximate surface area is 134 Å². The van der Waals surface area contributed by atoms with Gasteiger partial charge in [0.2, 0.25) is 0 Å². The van der Waals surface area contributed by atoms with Crippen LogP contribution in [-0.4, -0.2) is 0 Å². The van der Waals surface area contributed by atoms with Gasteiger partial charge in [0.15, 0.2) is 0 Å². The second-order valence-corrected chi connectivity index (χ2v) is 9.79. The predicted octanol–water partition coefficient (Wildman–Crippen LogP) is 6.93. The van der Waals surface area contributed by atoms with Crippen LogP contribution in [0, 0.1) is 16.7 Å². The number of hydrogen-bond acceptors (Lipinski definition) is 1. The highest BCUT2D eigenvalue weighted by atomic mass is 32.1. The fourth-order valence-electron chi connectivity index (χ4n) is 2.83. The van der Waals surface area contributed by atoms with E-state index in [1.165, 1.54) is 29.3 Å². The van der Waals surface area contributed by atoms with Crippen LogP contribution < -0.4 is 0 Å². The lowest BCUT2D eigenvalue weighted by Crippen LogP contribution is -2.24. The Morgan fingerprint density at radius 3 is 2.24 bits per heavy atom. The van der Waals surface area contributed by atoms with Gasteiger partial charge in [-0.2, -0.15) is 0 Å². The third kappa shape index (κ3) is 4.85. The van der Waals surface area contributed by atoms with Crippen molar-refractivity contribution in [2.45, 2.75) is 60.8 Å². The van der Waals surface area contributed by atoms with E-state index in [0.717, 1.165) is 5.92 Å². The first-order valence-corrected chi connectivity index (χ1v) is 8.94. The van der Waals surface area contributed by atoms with E-state index in [1.54, 1.807) is 4.88 Å². The normalized spacial score (nSPS) is 14.6. The molecule has 0 saturated heterocycles. The molecule has 0 spiro atoms. The minimum atomic E-state index is 0.376. The first-order valence-electron chi connectivity index (χ1n) is 8.13. The molecule has 0 aliphatic rings. The van der Waals surface area contributed by atoms with E-state index in [2.05, 4.69) is 71.9 Å². The van der Waals surface area contributed by atoms with Gasteiger partial charge in [-0.1, -0.05) is 59.7 Å². The van der Waals surface area contributed by atoms with Crippen molar-refractivity contribution in [2.24, 2.45) is 16.7 Å². The first kappa shape index (κ1) is 16.5. The highest BCUT2D eigenvalue weighted by molar-refractivity contribution is 7.19. The van der Waals surface area contributed by atoms with Crippen LogP contribution in [0.15, 0.2) is 30.3 Å². The molecule has 1 aromatic carbocycles. The second-order valence-electron chi connectivity index (χ2n) is 8.62. The zero-order valence-corrected chi connectivity index (χ0v) is 15.3. The van der Waals surface area contributed by atoms with Crippen molar-refractivity contribution in [3.8, 4) is 0 Å². The van der Waals surface area contributed by atoms with E-state index < -0.39 is 0 Å². The number of rotatable bonds is 4. The SMILES string of the molecule is CC(C)(C)CCC(Cc1cc2ccccc2s1)C(C)(C)C. The maximum atomic E-state index is 2.40. The Morgan fingerprint density at radius 1 is 1.00 bits per heavy atom. The molecule has 0 N–H and O–H groups in total. The summed E-state index contributed by atoms with van der Waals surface area (Å²) in [5.41, 5.74) is 0.811. The van der Waals surface area contributed by atoms with Gasteiger partial charge in [-0.25, -0.2) is 0 Å². The molecule has 1 heteroatoms. The first-order chi connectivity index (χ1) is 9.65. The molecule has 116 valence electrons. The van der Waals surface area contributed by atoms with E-state index in [0.29, 0.717) is 10.8 Å². The summed E-state index contributed by atoms with van der Waals surface area (Å²) in [5, 5.41) is 1.40. The molecular formula is C20H30S. The van der Waals surface area contributed by atoms with Crippen LogP contribution in [0.4, 0.5) is 0 Å². The van der Waals surface area contributed by atoms with E-state index in [-0.39, 0.29) is 0 Å². The maximum Gasteiger partial charge on any atom is 0.0345 e. The summed E-state index contributed by atoms with van der Waals surface area (Å²) in [4.78, 5) is 1.55. The van der Waals surface area contributed by atoms with Gasteiger partial charge < -0.3 is 0 Å². The zero-order valence-electron chi connectivity index (χ0n) is 14.5. The third-order valence-corrected chi connectivity index (χ3v) is 5.53. The van der Waals surface area contributed by atoms with Crippen molar-refractivity contribution in [2.75, 3.05) is 0 Å². The molecule has 0 bridgehead atoms. The third-order valence-electron chi connectivity index (χ3n) is 4.39. The molecule has 0 amide bonds. The Morgan fingerprint density at radius 2 is 1.67 bits per heavy atom. The smallest absolute Gasteiger partial charge is 0.0345 e. The van der Waals surface area contributed by atoms with Gasteiger partial charge in [0, 0.05) is 9.58 Å². The van der Waals surface area contributed by atoms with Gasteiger partial charge in [-0.15, -0.1) is 11.3 Å². The lowest BCUT2D eigenvalue weighted by molar-refractivity contribution is 0.196. The molecule has 1 atom stereocenters. The van der Waals surface area contributed by atoms with E-state index in [1.807, 2.05) is 11.3 Å². The Hall–Kier alpha value is -0.820. The molecule has 0 nitrogen and oxygen atoms in total. The van der Waals surface area contributed by atoms with Crippen molar-refractivity contribution in [3.63, 3.8) is 0 Å². The van der Waals surface area contributed by atoms with E-state index in [4.69, 9.17) is 0 Å². The monoisotopic (exact) mass is 302 g/mol. The Bertz CT molecular complexity index is 545. The highest BCUT2D eigenvalue weighted by Gasteiger charge is 2.26. The Balaban J connectivity index is 2.14. The standard InChI is InChI=1S/C20H30S/c1-19(2,3)12-11-16(20(4,5)6)14-17-13-15-9-7-8-10-18(15)21-17/h7-10,13,16H,11-12,14H2,1-6H3. The zero-order chi connectivity index (χ0) is 15.7. The topological polar surface area (TPSA) is 0 Å². The minimum absolute atomic E-state index is 0.376. The molecule has 0 saturated carbocycles. The van der Waals surface area contributed by atoms with Crippen molar-refractivity contribution in [1.82, 2.24) is 0 Å². The summed E-state index contributed by atoms with van der Waals surface area (Å²) in [6.07, 6.45) is 3.85. The summed E-state index contributed by atoms with van der Waals surface area (Å²) in [5.74, 6) is 0.754. The molecule has 0 aliphatic carbocycles. The van der Waals surface area contributed by atoms with Crippen molar-refractivity contribution in [1.29, 1.82) is 0 Å². The molecule has 1 aromatic heterocycles. The number of hydrogen-bond donors (Lipinski definition) is 0. The molecule has 2 rings (SSSR count). The van der Waals surface area contributed by atoms with Gasteiger partial charge in [-0.05, 0) is 53.5 Å².